The van der Waals surface area contributed by atoms with Crippen LogP contribution in [0.4, 0.5) is 26.3 Å². The first-order chi connectivity index (χ1) is 21.2. The number of aromatic nitrogens is 1. The van der Waals surface area contributed by atoms with Crippen molar-refractivity contribution in [2.24, 2.45) is 5.41 Å². The molecule has 0 saturated carbocycles. The highest BCUT2D eigenvalue weighted by Crippen LogP contribution is 2.23. The molecule has 0 aliphatic carbocycles. The Balaban J connectivity index is 1.89. The molecule has 3 aromatic rings. The summed E-state index contributed by atoms with van der Waals surface area (Å²) in [7, 11) is -4.89. The van der Waals surface area contributed by atoms with Crippen molar-refractivity contribution in [3.63, 3.8) is 0 Å². The Morgan fingerprint density at radius 2 is 1.63 bits per heavy atom. The predicted octanol–water partition coefficient (Wildman–Crippen LogP) is 3.90. The van der Waals surface area contributed by atoms with Crippen LogP contribution in [0.5, 0.6) is 0 Å². The SMILES string of the molecule is Cc1ccc2[nH]c(=O)c(CC(C#N)NC(=O)[C@H](Cc3cc(F)c(F)cc3F)NC[C@@H](NS(=O)(=O)CC(F)(F)F)C(C)(C)C)cc2c1. The van der Waals surface area contributed by atoms with E-state index < -0.39 is 92.9 Å². The van der Waals surface area contributed by atoms with Gasteiger partial charge >= 0.3 is 6.18 Å². The van der Waals surface area contributed by atoms with Crippen LogP contribution in [0, 0.1) is 41.1 Å². The molecule has 0 saturated heterocycles. The van der Waals surface area contributed by atoms with E-state index in [1.165, 1.54) is 20.8 Å². The summed E-state index contributed by atoms with van der Waals surface area (Å²) < 4.78 is 107. The maximum atomic E-state index is 14.6. The second-order valence-corrected chi connectivity index (χ2v) is 13.8. The van der Waals surface area contributed by atoms with E-state index in [0.29, 0.717) is 17.0 Å². The summed E-state index contributed by atoms with van der Waals surface area (Å²) in [5.74, 6) is -7.22. The normalized spacial score (nSPS) is 14.5. The number of pyridine rings is 1. The fourth-order valence-electron chi connectivity index (χ4n) is 4.60. The summed E-state index contributed by atoms with van der Waals surface area (Å²) >= 11 is 0. The first-order valence-corrected chi connectivity index (χ1v) is 15.6. The number of sulfonamides is 1. The van der Waals surface area contributed by atoms with Crippen molar-refractivity contribution < 1.29 is 39.6 Å². The Morgan fingerprint density at radius 1 is 0.978 bits per heavy atom. The standard InChI is InChI=1S/C30H33F6N5O4S/c1-16-5-6-24-18(7-16)8-19(27(42)40-24)9-20(13-37)39-28(43)25(11-17-10-22(32)23(33)12-21(17)31)38-14-26(29(2,3)4)41-46(44,45)15-30(34,35)36/h5-8,10,12,20,25-26,38,41H,9,11,14-15H2,1-4H3,(H,39,43)(H,40,42)/t20?,25-,26+/m0/s1. The van der Waals surface area contributed by atoms with Crippen LogP contribution in [-0.2, 0) is 27.7 Å². The molecule has 1 heterocycles. The third-order valence-electron chi connectivity index (χ3n) is 7.09. The lowest BCUT2D eigenvalue weighted by Gasteiger charge is -2.33. The number of H-pyrrole nitrogens is 1. The second-order valence-electron chi connectivity index (χ2n) is 12.0. The molecule has 16 heteroatoms. The molecule has 0 aliphatic rings. The van der Waals surface area contributed by atoms with Crippen molar-refractivity contribution >= 4 is 26.8 Å². The number of nitriles is 1. The molecule has 46 heavy (non-hydrogen) atoms. The highest BCUT2D eigenvalue weighted by Gasteiger charge is 2.38. The molecule has 0 aliphatic heterocycles. The number of nitrogens with zero attached hydrogens (tertiary/aromatic N) is 1. The molecule has 3 atom stereocenters. The molecule has 1 unspecified atom stereocenters. The maximum Gasteiger partial charge on any atom is 0.404 e. The van der Waals surface area contributed by atoms with Gasteiger partial charge in [-0.05, 0) is 54.0 Å². The molecule has 0 spiro atoms. The van der Waals surface area contributed by atoms with Gasteiger partial charge in [-0.3, -0.25) is 9.59 Å². The minimum Gasteiger partial charge on any atom is -0.339 e. The number of hydrogen-bond acceptors (Lipinski definition) is 6. The largest absolute Gasteiger partial charge is 0.404 e. The van der Waals surface area contributed by atoms with Crippen molar-refractivity contribution in [1.29, 1.82) is 5.26 Å². The number of rotatable bonds is 12. The van der Waals surface area contributed by atoms with Crippen molar-refractivity contribution in [1.82, 2.24) is 20.3 Å². The summed E-state index contributed by atoms with van der Waals surface area (Å²) in [6.07, 6.45) is -5.92. The fraction of sp³-hybridized carbons (Fsp3) is 0.433. The zero-order chi connectivity index (χ0) is 34.6. The number of amides is 1. The summed E-state index contributed by atoms with van der Waals surface area (Å²) in [6.45, 7) is 5.94. The average Bonchev–Trinajstić information content (AvgIpc) is 2.91. The first kappa shape index (κ1) is 36.5. The van der Waals surface area contributed by atoms with Crippen LogP contribution in [0.3, 0.4) is 0 Å². The van der Waals surface area contributed by atoms with Crippen LogP contribution in [0.25, 0.3) is 10.9 Å². The first-order valence-electron chi connectivity index (χ1n) is 13.9. The third-order valence-corrected chi connectivity index (χ3v) is 8.44. The number of halogens is 6. The molecule has 0 bridgehead atoms. The summed E-state index contributed by atoms with van der Waals surface area (Å²) in [5, 5.41) is 15.6. The molecule has 4 N–H and O–H groups in total. The minimum absolute atomic E-state index is 0.160. The van der Waals surface area contributed by atoms with E-state index in [1.807, 2.05) is 17.7 Å². The number of fused-ring (bicyclic) bond motifs is 1. The van der Waals surface area contributed by atoms with E-state index in [2.05, 4.69) is 15.6 Å². The topological polar surface area (TPSA) is 144 Å². The van der Waals surface area contributed by atoms with Crippen LogP contribution in [0.1, 0.15) is 37.5 Å². The lowest BCUT2D eigenvalue weighted by atomic mass is 9.87. The summed E-state index contributed by atoms with van der Waals surface area (Å²) in [5.41, 5.74) is -0.356. The zero-order valence-electron chi connectivity index (χ0n) is 25.3. The highest BCUT2D eigenvalue weighted by molar-refractivity contribution is 7.89. The Hall–Kier alpha value is -3.94. The molecular weight excluding hydrogens is 640 g/mol. The van der Waals surface area contributed by atoms with Gasteiger partial charge in [0.05, 0.1) is 12.1 Å². The molecule has 0 fully saturated rings. The van der Waals surface area contributed by atoms with E-state index >= 15 is 0 Å². The van der Waals surface area contributed by atoms with Gasteiger partial charge in [-0.1, -0.05) is 32.4 Å². The van der Waals surface area contributed by atoms with Gasteiger partial charge in [0.2, 0.25) is 15.9 Å². The Labute approximate surface area is 261 Å². The quantitative estimate of drug-likeness (QED) is 0.170. The number of benzene rings is 2. The third kappa shape index (κ3) is 10.3. The molecule has 0 radical (unpaired) electrons. The maximum absolute atomic E-state index is 14.6. The average molecular weight is 674 g/mol. The van der Waals surface area contributed by atoms with Crippen molar-refractivity contribution in [3.8, 4) is 6.07 Å². The number of carbonyl (C=O) groups excluding carboxylic acids is 1. The van der Waals surface area contributed by atoms with Crippen LogP contribution in [0.2, 0.25) is 0 Å². The molecule has 1 amide bonds. The molecule has 250 valence electrons. The van der Waals surface area contributed by atoms with E-state index in [9.17, 15) is 49.6 Å². The molecule has 3 rings (SSSR count). The number of hydrogen-bond donors (Lipinski definition) is 4. The monoisotopic (exact) mass is 673 g/mol. The highest BCUT2D eigenvalue weighted by atomic mass is 32.2. The lowest BCUT2D eigenvalue weighted by Crippen LogP contribution is -2.56. The predicted molar refractivity (Wildman–Crippen MR) is 159 cm³/mol. The van der Waals surface area contributed by atoms with Crippen LogP contribution in [-0.4, -0.2) is 55.9 Å². The van der Waals surface area contributed by atoms with Gasteiger partial charge in [0, 0.05) is 36.2 Å². The van der Waals surface area contributed by atoms with Crippen LogP contribution >= 0.6 is 0 Å². The van der Waals surface area contributed by atoms with Gasteiger partial charge in [-0.25, -0.2) is 26.3 Å². The smallest absolute Gasteiger partial charge is 0.339 e. The van der Waals surface area contributed by atoms with Crippen LogP contribution in [0.15, 0.2) is 41.2 Å². The number of alkyl halides is 3. The van der Waals surface area contributed by atoms with E-state index in [-0.39, 0.29) is 18.1 Å². The van der Waals surface area contributed by atoms with E-state index in [0.717, 1.165) is 5.56 Å². The minimum atomic E-state index is -5.04. The van der Waals surface area contributed by atoms with E-state index in [4.69, 9.17) is 0 Å². The van der Waals surface area contributed by atoms with Gasteiger partial charge in [-0.2, -0.15) is 18.4 Å². The number of carbonyl (C=O) groups is 1. The number of aryl methyl sites for hydroxylation is 1. The van der Waals surface area contributed by atoms with Crippen molar-refractivity contribution in [3.05, 3.63) is 80.9 Å². The van der Waals surface area contributed by atoms with Gasteiger partial charge < -0.3 is 15.6 Å². The molecule has 9 nitrogen and oxygen atoms in total. The van der Waals surface area contributed by atoms with Gasteiger partial charge in [0.15, 0.2) is 17.4 Å². The summed E-state index contributed by atoms with van der Waals surface area (Å²) in [4.78, 5) is 28.8. The number of aromatic amines is 1. The van der Waals surface area contributed by atoms with Crippen molar-refractivity contribution in [2.45, 2.75) is 64.8 Å². The Kier molecular flexibility index (Phi) is 11.3. The lowest BCUT2D eigenvalue weighted by molar-refractivity contribution is -0.123. The van der Waals surface area contributed by atoms with Crippen molar-refractivity contribution in [2.75, 3.05) is 12.3 Å². The Morgan fingerprint density at radius 3 is 2.24 bits per heavy atom. The Bertz CT molecular complexity index is 1800. The zero-order valence-corrected chi connectivity index (χ0v) is 26.1. The molecule has 1 aromatic heterocycles. The molecule has 2 aromatic carbocycles. The van der Waals surface area contributed by atoms with E-state index in [1.54, 1.807) is 24.3 Å². The van der Waals surface area contributed by atoms with Gasteiger partial charge in [-0.15, -0.1) is 0 Å². The van der Waals surface area contributed by atoms with Crippen LogP contribution < -0.4 is 20.9 Å². The van der Waals surface area contributed by atoms with Gasteiger partial charge in [0.25, 0.3) is 5.56 Å². The fourth-order valence-corrected chi connectivity index (χ4v) is 5.98. The number of nitrogens with one attached hydrogen (secondary N) is 4. The van der Waals surface area contributed by atoms with Gasteiger partial charge in [0.1, 0.15) is 11.9 Å². The molecular formula is C30H33F6N5O4S. The second kappa shape index (κ2) is 14.2. The summed E-state index contributed by atoms with van der Waals surface area (Å²) in [6, 6.07) is 5.46.